The van der Waals surface area contributed by atoms with Crippen LogP contribution in [-0.2, 0) is 9.59 Å². The van der Waals surface area contributed by atoms with Gasteiger partial charge in [-0.2, -0.15) is 0 Å². The number of carbonyl (C=O) groups excluding carboxylic acids is 3. The second-order valence-corrected chi connectivity index (χ2v) is 7.09. The maximum absolute atomic E-state index is 12.5. The highest BCUT2D eigenvalue weighted by atomic mass is 16.2. The minimum Gasteiger partial charge on any atom is -0.358 e. The van der Waals surface area contributed by atoms with E-state index in [-0.39, 0.29) is 18.9 Å². The monoisotopic (exact) mass is 355 g/mol. The first-order chi connectivity index (χ1) is 12.5. The normalized spacial score (nSPS) is 17.3. The van der Waals surface area contributed by atoms with E-state index in [0.717, 1.165) is 36.8 Å². The molecule has 0 bridgehead atoms. The number of aromatic nitrogens is 1. The van der Waals surface area contributed by atoms with Crippen molar-refractivity contribution < 1.29 is 14.4 Å². The molecule has 3 rings (SSSR count). The summed E-state index contributed by atoms with van der Waals surface area (Å²) in [7, 11) is 0. The topological polar surface area (TPSA) is 82.3 Å². The Bertz CT molecular complexity index is 840. The van der Waals surface area contributed by atoms with Crippen molar-refractivity contribution in [1.82, 2.24) is 15.2 Å². The Kier molecular flexibility index (Phi) is 5.40. The molecule has 0 saturated carbocycles. The van der Waals surface area contributed by atoms with E-state index in [4.69, 9.17) is 0 Å². The number of hydrogen-bond donors (Lipinski definition) is 2. The van der Waals surface area contributed by atoms with E-state index in [1.807, 2.05) is 29.2 Å². The Labute approximate surface area is 152 Å². The molecule has 2 aromatic rings. The smallest absolute Gasteiger partial charge is 0.292 e. The average molecular weight is 355 g/mol. The van der Waals surface area contributed by atoms with Gasteiger partial charge >= 0.3 is 0 Å². The second-order valence-electron chi connectivity index (χ2n) is 7.09. The van der Waals surface area contributed by atoms with E-state index < -0.39 is 11.7 Å². The number of likely N-dealkylation sites (tertiary alicyclic amines) is 1. The van der Waals surface area contributed by atoms with Crippen molar-refractivity contribution in [2.45, 2.75) is 33.1 Å². The van der Waals surface area contributed by atoms with Gasteiger partial charge in [0.15, 0.2) is 0 Å². The van der Waals surface area contributed by atoms with E-state index in [1.54, 1.807) is 6.92 Å². The number of Topliss-reactive ketones (excluding diaryl/α,β-unsaturated/α-hetero) is 1. The maximum atomic E-state index is 12.5. The zero-order valence-corrected chi connectivity index (χ0v) is 15.3. The minimum atomic E-state index is -0.669. The highest BCUT2D eigenvalue weighted by Crippen LogP contribution is 2.22. The first-order valence-corrected chi connectivity index (χ1v) is 9.15. The van der Waals surface area contributed by atoms with Crippen molar-refractivity contribution in [3.8, 4) is 0 Å². The number of nitrogens with zero attached hydrogens (tertiary/aromatic N) is 1. The predicted molar refractivity (Wildman–Crippen MR) is 100.0 cm³/mol. The fraction of sp³-hybridized carbons (Fsp3) is 0.450. The van der Waals surface area contributed by atoms with Crippen LogP contribution in [0.1, 0.15) is 42.2 Å². The summed E-state index contributed by atoms with van der Waals surface area (Å²) in [6, 6.07) is 7.40. The van der Waals surface area contributed by atoms with Gasteiger partial charge in [0.05, 0.1) is 5.56 Å². The van der Waals surface area contributed by atoms with Gasteiger partial charge in [0.25, 0.3) is 11.7 Å². The molecule has 1 unspecified atom stereocenters. The van der Waals surface area contributed by atoms with Gasteiger partial charge in [0.1, 0.15) is 0 Å². The number of ketones is 1. The third kappa shape index (κ3) is 3.79. The van der Waals surface area contributed by atoms with Crippen molar-refractivity contribution in [3.63, 3.8) is 0 Å². The SMILES string of the molecule is Cc1[nH]c2ccccc2c1C(=O)C(=O)NCCC(=O)N1CCCC(C)C1. The largest absolute Gasteiger partial charge is 0.358 e. The number of aromatic amines is 1. The number of piperidine rings is 1. The maximum Gasteiger partial charge on any atom is 0.292 e. The standard InChI is InChI=1S/C20H25N3O3/c1-13-6-5-11-23(12-13)17(24)9-10-21-20(26)19(25)18-14(2)22-16-8-4-3-7-15(16)18/h3-4,7-8,13,22H,5-6,9-12H2,1-2H3,(H,21,26). The van der Waals surface area contributed by atoms with Crippen LogP contribution >= 0.6 is 0 Å². The highest BCUT2D eigenvalue weighted by molar-refractivity contribution is 6.45. The number of aryl methyl sites for hydroxylation is 1. The number of benzene rings is 1. The fourth-order valence-electron chi connectivity index (χ4n) is 3.62. The zero-order valence-electron chi connectivity index (χ0n) is 15.3. The Balaban J connectivity index is 1.57. The summed E-state index contributed by atoms with van der Waals surface area (Å²) in [5.41, 5.74) is 1.90. The number of hydrogen-bond acceptors (Lipinski definition) is 3. The number of para-hydroxylation sites is 1. The minimum absolute atomic E-state index is 0.0348. The van der Waals surface area contributed by atoms with Crippen LogP contribution < -0.4 is 5.32 Å². The molecule has 1 aliphatic rings. The van der Waals surface area contributed by atoms with Crippen LogP contribution in [0.3, 0.4) is 0 Å². The Morgan fingerprint density at radius 3 is 2.81 bits per heavy atom. The predicted octanol–water partition coefficient (Wildman–Crippen LogP) is 2.42. The molecule has 2 N–H and O–H groups in total. The van der Waals surface area contributed by atoms with Gasteiger partial charge in [-0.1, -0.05) is 25.1 Å². The van der Waals surface area contributed by atoms with Crippen molar-refractivity contribution in [3.05, 3.63) is 35.5 Å². The van der Waals surface area contributed by atoms with Crippen LogP contribution in [0.2, 0.25) is 0 Å². The summed E-state index contributed by atoms with van der Waals surface area (Å²) in [4.78, 5) is 42.0. The molecule has 1 fully saturated rings. The van der Waals surface area contributed by atoms with Crippen LogP contribution in [0.15, 0.2) is 24.3 Å². The van der Waals surface area contributed by atoms with E-state index in [0.29, 0.717) is 17.2 Å². The quantitative estimate of drug-likeness (QED) is 0.638. The molecule has 2 amide bonds. The number of rotatable bonds is 5. The van der Waals surface area contributed by atoms with Crippen molar-refractivity contribution in [2.75, 3.05) is 19.6 Å². The van der Waals surface area contributed by atoms with Gasteiger partial charge in [0, 0.05) is 42.7 Å². The fourth-order valence-corrected chi connectivity index (χ4v) is 3.62. The van der Waals surface area contributed by atoms with Crippen LogP contribution in [0.5, 0.6) is 0 Å². The summed E-state index contributed by atoms with van der Waals surface area (Å²) < 4.78 is 0. The van der Waals surface area contributed by atoms with Crippen LogP contribution in [0, 0.1) is 12.8 Å². The van der Waals surface area contributed by atoms with Crippen LogP contribution in [0.4, 0.5) is 0 Å². The number of nitrogens with one attached hydrogen (secondary N) is 2. The van der Waals surface area contributed by atoms with Crippen molar-refractivity contribution in [2.24, 2.45) is 5.92 Å². The second kappa shape index (κ2) is 7.72. The van der Waals surface area contributed by atoms with Gasteiger partial charge in [-0.3, -0.25) is 14.4 Å². The molecule has 1 aliphatic heterocycles. The van der Waals surface area contributed by atoms with Crippen LogP contribution in [-0.4, -0.2) is 47.1 Å². The lowest BCUT2D eigenvalue weighted by Crippen LogP contribution is -2.41. The molecule has 26 heavy (non-hydrogen) atoms. The number of fused-ring (bicyclic) bond motifs is 1. The molecular formula is C20H25N3O3. The third-order valence-electron chi connectivity index (χ3n) is 4.96. The number of carbonyl (C=O) groups is 3. The van der Waals surface area contributed by atoms with Crippen LogP contribution in [0.25, 0.3) is 10.9 Å². The number of H-pyrrole nitrogens is 1. The van der Waals surface area contributed by atoms with Gasteiger partial charge < -0.3 is 15.2 Å². The molecule has 0 spiro atoms. The van der Waals surface area contributed by atoms with E-state index >= 15 is 0 Å². The Hall–Kier alpha value is -2.63. The lowest BCUT2D eigenvalue weighted by Gasteiger charge is -2.31. The molecule has 0 radical (unpaired) electrons. The van der Waals surface area contributed by atoms with Crippen molar-refractivity contribution in [1.29, 1.82) is 0 Å². The van der Waals surface area contributed by atoms with Gasteiger partial charge in [-0.05, 0) is 31.7 Å². The molecule has 1 atom stereocenters. The van der Waals surface area contributed by atoms with E-state index in [1.165, 1.54) is 0 Å². The molecule has 0 aliphatic carbocycles. The lowest BCUT2D eigenvalue weighted by molar-refractivity contribution is -0.132. The summed E-state index contributed by atoms with van der Waals surface area (Å²) in [6.07, 6.45) is 2.40. The molecule has 1 aromatic carbocycles. The van der Waals surface area contributed by atoms with E-state index in [2.05, 4.69) is 17.2 Å². The summed E-state index contributed by atoms with van der Waals surface area (Å²) in [5.74, 6) is -0.682. The molecule has 1 saturated heterocycles. The summed E-state index contributed by atoms with van der Waals surface area (Å²) in [6.45, 7) is 5.66. The van der Waals surface area contributed by atoms with E-state index in [9.17, 15) is 14.4 Å². The molecule has 2 heterocycles. The van der Waals surface area contributed by atoms with Gasteiger partial charge in [-0.15, -0.1) is 0 Å². The summed E-state index contributed by atoms with van der Waals surface area (Å²) >= 11 is 0. The first-order valence-electron chi connectivity index (χ1n) is 9.15. The third-order valence-corrected chi connectivity index (χ3v) is 4.96. The molecular weight excluding hydrogens is 330 g/mol. The average Bonchev–Trinajstić information content (AvgIpc) is 2.96. The molecule has 1 aromatic heterocycles. The van der Waals surface area contributed by atoms with Gasteiger partial charge in [0.2, 0.25) is 5.91 Å². The zero-order chi connectivity index (χ0) is 18.7. The van der Waals surface area contributed by atoms with Gasteiger partial charge in [-0.25, -0.2) is 0 Å². The first kappa shape index (κ1) is 18.2. The Morgan fingerprint density at radius 2 is 2.04 bits per heavy atom. The molecule has 6 heteroatoms. The number of amides is 2. The highest BCUT2D eigenvalue weighted by Gasteiger charge is 2.24. The Morgan fingerprint density at radius 1 is 1.27 bits per heavy atom. The molecule has 6 nitrogen and oxygen atoms in total. The van der Waals surface area contributed by atoms with Crippen molar-refractivity contribution >= 4 is 28.5 Å². The molecule has 138 valence electrons. The lowest BCUT2D eigenvalue weighted by atomic mass is 10.00. The summed E-state index contributed by atoms with van der Waals surface area (Å²) in [5, 5.41) is 3.33.